The second kappa shape index (κ2) is 10.5. The molecular weight excluding hydrogens is 513 g/mol. The lowest BCUT2D eigenvalue weighted by Gasteiger charge is -2.29. The number of hydrogen-bond donors (Lipinski definition) is 2. The van der Waals surface area contributed by atoms with Crippen LogP contribution in [0.15, 0.2) is 84.3 Å². The van der Waals surface area contributed by atoms with Crippen LogP contribution < -0.4 is 20.1 Å². The van der Waals surface area contributed by atoms with Crippen molar-refractivity contribution < 1.29 is 14.3 Å². The zero-order chi connectivity index (χ0) is 25.9. The van der Waals surface area contributed by atoms with Crippen molar-refractivity contribution in [2.45, 2.75) is 19.6 Å². The molecule has 3 aromatic carbocycles. The third-order valence-electron chi connectivity index (χ3n) is 5.95. The Morgan fingerprint density at radius 1 is 1.05 bits per heavy atom. The van der Waals surface area contributed by atoms with Crippen molar-refractivity contribution in [3.8, 4) is 11.5 Å². The molecule has 37 heavy (non-hydrogen) atoms. The number of anilines is 2. The van der Waals surface area contributed by atoms with E-state index in [0.717, 1.165) is 11.1 Å². The summed E-state index contributed by atoms with van der Waals surface area (Å²) >= 11 is 12.2. The third-order valence-corrected chi connectivity index (χ3v) is 6.69. The first-order valence-electron chi connectivity index (χ1n) is 11.4. The van der Waals surface area contributed by atoms with Crippen LogP contribution in [0.5, 0.6) is 11.5 Å². The van der Waals surface area contributed by atoms with Crippen molar-refractivity contribution in [1.82, 2.24) is 14.8 Å². The van der Waals surface area contributed by atoms with E-state index in [1.165, 1.54) is 6.33 Å². The van der Waals surface area contributed by atoms with Crippen LogP contribution in [0.4, 0.5) is 11.6 Å². The summed E-state index contributed by atoms with van der Waals surface area (Å²) in [4.78, 5) is 17.8. The van der Waals surface area contributed by atoms with E-state index in [0.29, 0.717) is 51.1 Å². The minimum Gasteiger partial charge on any atom is -0.497 e. The maximum absolute atomic E-state index is 13.5. The highest BCUT2D eigenvalue weighted by atomic mass is 35.5. The number of allylic oxidation sites excluding steroid dienone is 1. The zero-order valence-electron chi connectivity index (χ0n) is 20.0. The molecule has 1 aliphatic heterocycles. The van der Waals surface area contributed by atoms with Gasteiger partial charge in [-0.05, 0) is 66.6 Å². The van der Waals surface area contributed by atoms with Crippen LogP contribution in [-0.2, 0) is 11.4 Å². The topological polar surface area (TPSA) is 90.3 Å². The molecule has 0 aliphatic carbocycles. The Bertz CT molecular complexity index is 1480. The quantitative estimate of drug-likeness (QED) is 0.297. The highest BCUT2D eigenvalue weighted by molar-refractivity contribution is 6.42. The second-order valence-electron chi connectivity index (χ2n) is 8.39. The van der Waals surface area contributed by atoms with Gasteiger partial charge in [0.25, 0.3) is 5.91 Å². The summed E-state index contributed by atoms with van der Waals surface area (Å²) in [6, 6.07) is 19.6. The van der Waals surface area contributed by atoms with Crippen molar-refractivity contribution >= 4 is 40.7 Å². The number of ether oxygens (including phenoxy) is 2. The van der Waals surface area contributed by atoms with Crippen LogP contribution in [0.3, 0.4) is 0 Å². The maximum Gasteiger partial charge on any atom is 0.255 e. The van der Waals surface area contributed by atoms with Crippen LogP contribution in [-0.4, -0.2) is 27.8 Å². The van der Waals surface area contributed by atoms with Crippen molar-refractivity contribution in [2.24, 2.45) is 0 Å². The molecule has 1 amide bonds. The van der Waals surface area contributed by atoms with E-state index in [-0.39, 0.29) is 5.91 Å². The molecular formula is C27H23Cl2N5O3. The summed E-state index contributed by atoms with van der Waals surface area (Å²) in [6.07, 6.45) is 1.46. The standard InChI is InChI=1S/C27H23Cl2N5O3/c1-16-24(26(35)33-19-7-9-20(36-2)10-8-19)25(34-27(32-16)30-15-31-34)18-4-3-5-21(13-18)37-14-17-6-11-22(28)23(29)12-17/h3-13,15,25H,14H2,1-2H3,(H,33,35)(H,30,31,32)/t25-/m0/s1. The fourth-order valence-electron chi connectivity index (χ4n) is 4.14. The summed E-state index contributed by atoms with van der Waals surface area (Å²) in [5.74, 6) is 1.63. The van der Waals surface area contributed by atoms with Gasteiger partial charge < -0.3 is 20.1 Å². The van der Waals surface area contributed by atoms with Crippen molar-refractivity contribution in [3.63, 3.8) is 0 Å². The van der Waals surface area contributed by atoms with Gasteiger partial charge in [0.1, 0.15) is 30.5 Å². The summed E-state index contributed by atoms with van der Waals surface area (Å²) in [5.41, 5.74) is 3.54. The number of aromatic nitrogens is 3. The summed E-state index contributed by atoms with van der Waals surface area (Å²) in [5, 5.41) is 11.5. The van der Waals surface area contributed by atoms with Gasteiger partial charge in [0.2, 0.25) is 5.95 Å². The first-order chi connectivity index (χ1) is 17.9. The number of carbonyl (C=O) groups excluding carboxylic acids is 1. The number of hydrogen-bond acceptors (Lipinski definition) is 6. The average molecular weight is 536 g/mol. The predicted octanol–water partition coefficient (Wildman–Crippen LogP) is 6.10. The Morgan fingerprint density at radius 3 is 2.62 bits per heavy atom. The van der Waals surface area contributed by atoms with E-state index in [4.69, 9.17) is 32.7 Å². The van der Waals surface area contributed by atoms with Gasteiger partial charge in [-0.25, -0.2) is 4.68 Å². The van der Waals surface area contributed by atoms with Crippen LogP contribution in [0, 0.1) is 0 Å². The molecule has 2 N–H and O–H groups in total. The fourth-order valence-corrected chi connectivity index (χ4v) is 4.46. The number of nitrogens with zero attached hydrogens (tertiary/aromatic N) is 3. The number of carbonyl (C=O) groups is 1. The van der Waals surface area contributed by atoms with Crippen LogP contribution >= 0.6 is 23.2 Å². The molecule has 10 heteroatoms. The predicted molar refractivity (Wildman–Crippen MR) is 143 cm³/mol. The number of rotatable bonds is 7. The molecule has 1 atom stereocenters. The van der Waals surface area contributed by atoms with Gasteiger partial charge in [0.05, 0.1) is 22.7 Å². The number of amides is 1. The highest BCUT2D eigenvalue weighted by Gasteiger charge is 2.33. The minimum atomic E-state index is -0.523. The molecule has 0 unspecified atom stereocenters. The molecule has 0 bridgehead atoms. The number of fused-ring (bicyclic) bond motifs is 1. The zero-order valence-corrected chi connectivity index (χ0v) is 21.5. The number of nitrogens with one attached hydrogen (secondary N) is 2. The lowest BCUT2D eigenvalue weighted by Crippen LogP contribution is -2.31. The Kier molecular flexibility index (Phi) is 7.03. The van der Waals surface area contributed by atoms with E-state index >= 15 is 0 Å². The Balaban J connectivity index is 1.43. The lowest BCUT2D eigenvalue weighted by atomic mass is 9.95. The second-order valence-corrected chi connectivity index (χ2v) is 9.20. The van der Waals surface area contributed by atoms with Gasteiger partial charge >= 0.3 is 0 Å². The van der Waals surface area contributed by atoms with Crippen molar-refractivity contribution in [1.29, 1.82) is 0 Å². The Hall–Kier alpha value is -4.01. The molecule has 0 saturated heterocycles. The van der Waals surface area contributed by atoms with E-state index in [1.807, 2.05) is 37.3 Å². The first-order valence-corrected chi connectivity index (χ1v) is 12.2. The van der Waals surface area contributed by atoms with Crippen LogP contribution in [0.2, 0.25) is 10.0 Å². The highest BCUT2D eigenvalue weighted by Crippen LogP contribution is 2.36. The summed E-state index contributed by atoms with van der Waals surface area (Å²) in [6.45, 7) is 2.15. The molecule has 8 nitrogen and oxygen atoms in total. The molecule has 0 radical (unpaired) electrons. The van der Waals surface area contributed by atoms with E-state index in [2.05, 4.69) is 20.7 Å². The molecule has 2 heterocycles. The molecule has 0 spiro atoms. The largest absolute Gasteiger partial charge is 0.497 e. The summed E-state index contributed by atoms with van der Waals surface area (Å²) in [7, 11) is 1.60. The van der Waals surface area contributed by atoms with Gasteiger partial charge in [-0.1, -0.05) is 41.4 Å². The number of benzene rings is 3. The van der Waals surface area contributed by atoms with Gasteiger partial charge in [0, 0.05) is 11.4 Å². The van der Waals surface area contributed by atoms with Gasteiger partial charge in [0.15, 0.2) is 0 Å². The van der Waals surface area contributed by atoms with Crippen molar-refractivity contribution in [3.05, 3.63) is 105 Å². The Morgan fingerprint density at radius 2 is 1.86 bits per heavy atom. The molecule has 1 aliphatic rings. The van der Waals surface area contributed by atoms with E-state index in [9.17, 15) is 4.79 Å². The third kappa shape index (κ3) is 5.26. The van der Waals surface area contributed by atoms with Gasteiger partial charge in [-0.15, -0.1) is 0 Å². The molecule has 1 aromatic heterocycles. The SMILES string of the molecule is COc1ccc(NC(=O)C2=C(C)Nc3ncnn3[C@H]2c2cccc(OCc3ccc(Cl)c(Cl)c3)c2)cc1. The van der Waals surface area contributed by atoms with Crippen LogP contribution in [0.1, 0.15) is 24.1 Å². The average Bonchev–Trinajstić information content (AvgIpc) is 3.37. The normalized spacial score (nSPS) is 14.5. The van der Waals surface area contributed by atoms with Crippen molar-refractivity contribution in [2.75, 3.05) is 17.7 Å². The lowest BCUT2D eigenvalue weighted by molar-refractivity contribution is -0.113. The van der Waals surface area contributed by atoms with E-state index in [1.54, 1.807) is 48.2 Å². The van der Waals surface area contributed by atoms with Gasteiger partial charge in [-0.3, -0.25) is 4.79 Å². The fraction of sp³-hybridized carbons (Fsp3) is 0.148. The van der Waals surface area contributed by atoms with Crippen LogP contribution in [0.25, 0.3) is 0 Å². The molecule has 0 saturated carbocycles. The monoisotopic (exact) mass is 535 g/mol. The Labute approximate surface area is 223 Å². The molecule has 188 valence electrons. The van der Waals surface area contributed by atoms with Gasteiger partial charge in [-0.2, -0.15) is 10.1 Å². The smallest absolute Gasteiger partial charge is 0.255 e. The molecule has 0 fully saturated rings. The number of methoxy groups -OCH3 is 1. The molecule has 5 rings (SSSR count). The molecule has 4 aromatic rings. The summed E-state index contributed by atoms with van der Waals surface area (Å²) < 4.78 is 12.9. The maximum atomic E-state index is 13.5. The van der Waals surface area contributed by atoms with E-state index < -0.39 is 6.04 Å². The minimum absolute atomic E-state index is 0.261. The number of halogens is 2. The first kappa shape index (κ1) is 24.7.